The zero-order valence-corrected chi connectivity index (χ0v) is 14.5. The lowest BCUT2D eigenvalue weighted by Gasteiger charge is -2.32. The topological polar surface area (TPSA) is 53.7 Å². The zero-order chi connectivity index (χ0) is 16.8. The molecular formula is C18H24BNO3. The van der Waals surface area contributed by atoms with Gasteiger partial charge in [0.15, 0.2) is 0 Å². The Kier molecular flexibility index (Phi) is 3.81. The van der Waals surface area contributed by atoms with Crippen molar-refractivity contribution in [2.45, 2.75) is 45.8 Å². The first-order valence-electron chi connectivity index (χ1n) is 8.06. The molecule has 1 aliphatic rings. The van der Waals surface area contributed by atoms with Crippen molar-refractivity contribution in [1.29, 1.82) is 0 Å². The number of ether oxygens (including phenoxy) is 1. The highest BCUT2D eigenvalue weighted by Crippen LogP contribution is 2.37. The summed E-state index contributed by atoms with van der Waals surface area (Å²) in [6.07, 6.45) is 0. The molecule has 3 rings (SSSR count). The maximum atomic E-state index is 6.27. The smallest absolute Gasteiger partial charge is 0.492 e. The van der Waals surface area contributed by atoms with Gasteiger partial charge in [-0.15, -0.1) is 0 Å². The Labute approximate surface area is 138 Å². The van der Waals surface area contributed by atoms with Gasteiger partial charge in [0.25, 0.3) is 0 Å². The summed E-state index contributed by atoms with van der Waals surface area (Å²) < 4.78 is 17.8. The number of anilines is 1. The fourth-order valence-electron chi connectivity index (χ4n) is 2.75. The molecule has 2 N–H and O–H groups in total. The quantitative estimate of drug-likeness (QED) is 0.699. The van der Waals surface area contributed by atoms with E-state index in [1.54, 1.807) is 0 Å². The second-order valence-electron chi connectivity index (χ2n) is 6.98. The molecule has 1 heterocycles. The number of hydrogen-bond donors (Lipinski definition) is 1. The van der Waals surface area contributed by atoms with Crippen molar-refractivity contribution in [2.24, 2.45) is 0 Å². The third kappa shape index (κ3) is 2.68. The molecule has 5 heteroatoms. The lowest BCUT2D eigenvalue weighted by Crippen LogP contribution is -2.41. The Morgan fingerprint density at radius 1 is 1.04 bits per heavy atom. The Balaban J connectivity index is 2.02. The molecule has 0 atom stereocenters. The van der Waals surface area contributed by atoms with Crippen LogP contribution in [0.15, 0.2) is 30.3 Å². The molecule has 0 unspecified atom stereocenters. The van der Waals surface area contributed by atoms with Crippen molar-refractivity contribution < 1.29 is 14.0 Å². The number of fused-ring (bicyclic) bond motifs is 1. The molecule has 1 saturated heterocycles. The molecule has 0 radical (unpaired) electrons. The largest absolute Gasteiger partial charge is 0.494 e. The first-order valence-corrected chi connectivity index (χ1v) is 8.06. The van der Waals surface area contributed by atoms with Gasteiger partial charge in [-0.25, -0.2) is 0 Å². The lowest BCUT2D eigenvalue weighted by atomic mass is 9.78. The summed E-state index contributed by atoms with van der Waals surface area (Å²) in [7, 11) is -0.389. The van der Waals surface area contributed by atoms with E-state index < -0.39 is 0 Å². The predicted octanol–water partition coefficient (Wildman–Crippen LogP) is 3.12. The van der Waals surface area contributed by atoms with Gasteiger partial charge < -0.3 is 19.8 Å². The molecule has 0 amide bonds. The number of rotatable bonds is 3. The monoisotopic (exact) mass is 313 g/mol. The number of hydrogen-bond acceptors (Lipinski definition) is 4. The van der Waals surface area contributed by atoms with Gasteiger partial charge in [0.2, 0.25) is 0 Å². The molecular weight excluding hydrogens is 289 g/mol. The van der Waals surface area contributed by atoms with Gasteiger partial charge in [0.05, 0.1) is 23.5 Å². The number of nitrogens with two attached hydrogens (primary N) is 1. The molecule has 0 aromatic heterocycles. The van der Waals surface area contributed by atoms with Crippen molar-refractivity contribution in [1.82, 2.24) is 0 Å². The van der Waals surface area contributed by atoms with E-state index in [0.717, 1.165) is 16.2 Å². The summed E-state index contributed by atoms with van der Waals surface area (Å²) in [4.78, 5) is 0. The van der Waals surface area contributed by atoms with E-state index in [-0.39, 0.29) is 18.3 Å². The average molecular weight is 313 g/mol. The summed E-state index contributed by atoms with van der Waals surface area (Å²) >= 11 is 0. The van der Waals surface area contributed by atoms with E-state index in [9.17, 15) is 0 Å². The molecule has 2 aromatic rings. The Morgan fingerprint density at radius 2 is 1.65 bits per heavy atom. The minimum atomic E-state index is -0.389. The molecule has 122 valence electrons. The van der Waals surface area contributed by atoms with Crippen LogP contribution in [0.5, 0.6) is 5.75 Å². The predicted molar refractivity (Wildman–Crippen MR) is 95.2 cm³/mol. The first kappa shape index (κ1) is 16.2. The summed E-state index contributed by atoms with van der Waals surface area (Å²) in [5.74, 6) is 0.714. The second-order valence-corrected chi connectivity index (χ2v) is 6.98. The van der Waals surface area contributed by atoms with E-state index in [4.69, 9.17) is 19.8 Å². The Morgan fingerprint density at radius 3 is 2.26 bits per heavy atom. The molecule has 23 heavy (non-hydrogen) atoms. The van der Waals surface area contributed by atoms with Crippen LogP contribution < -0.4 is 15.9 Å². The van der Waals surface area contributed by atoms with E-state index in [2.05, 4.69) is 27.7 Å². The molecule has 2 aromatic carbocycles. The standard InChI is InChI=1S/C18H24BNO3/c1-6-21-15-10-8-12-7-9-13(11-14(12)16(15)20)19-22-17(2,3)18(4,5)23-19/h7-11H,6,20H2,1-5H3. The van der Waals surface area contributed by atoms with Crippen molar-refractivity contribution in [3.05, 3.63) is 30.3 Å². The van der Waals surface area contributed by atoms with Gasteiger partial charge in [0.1, 0.15) is 5.75 Å². The highest BCUT2D eigenvalue weighted by Gasteiger charge is 2.51. The zero-order valence-electron chi connectivity index (χ0n) is 14.5. The second kappa shape index (κ2) is 5.43. The highest BCUT2D eigenvalue weighted by atomic mass is 16.7. The summed E-state index contributed by atoms with van der Waals surface area (Å²) in [6, 6.07) is 10.0. The minimum absolute atomic E-state index is 0.356. The van der Waals surface area contributed by atoms with Gasteiger partial charge in [-0.05, 0) is 51.5 Å². The van der Waals surface area contributed by atoms with Gasteiger partial charge in [0, 0.05) is 5.39 Å². The minimum Gasteiger partial charge on any atom is -0.492 e. The van der Waals surface area contributed by atoms with Crippen LogP contribution in [0.3, 0.4) is 0 Å². The molecule has 1 aliphatic heterocycles. The fraction of sp³-hybridized carbons (Fsp3) is 0.444. The van der Waals surface area contributed by atoms with E-state index in [1.807, 2.05) is 37.3 Å². The third-order valence-electron chi connectivity index (χ3n) is 4.87. The Hall–Kier alpha value is -1.72. The molecule has 0 spiro atoms. The van der Waals surface area contributed by atoms with Crippen LogP contribution in [0.25, 0.3) is 10.8 Å². The fourth-order valence-corrected chi connectivity index (χ4v) is 2.75. The normalized spacial score (nSPS) is 19.3. The molecule has 1 fully saturated rings. The highest BCUT2D eigenvalue weighted by molar-refractivity contribution is 6.62. The van der Waals surface area contributed by atoms with Gasteiger partial charge in [-0.2, -0.15) is 0 Å². The van der Waals surface area contributed by atoms with Crippen molar-refractivity contribution in [3.8, 4) is 5.75 Å². The summed E-state index contributed by atoms with van der Waals surface area (Å²) in [5, 5.41) is 2.04. The van der Waals surface area contributed by atoms with Crippen LogP contribution in [0.4, 0.5) is 5.69 Å². The molecule has 0 aliphatic carbocycles. The van der Waals surface area contributed by atoms with E-state index >= 15 is 0 Å². The lowest BCUT2D eigenvalue weighted by molar-refractivity contribution is 0.00578. The van der Waals surface area contributed by atoms with Gasteiger partial charge in [-0.1, -0.05) is 24.3 Å². The molecule has 0 bridgehead atoms. The maximum Gasteiger partial charge on any atom is 0.494 e. The number of nitrogen functional groups attached to an aromatic ring is 1. The molecule has 0 saturated carbocycles. The summed E-state index contributed by atoms with van der Waals surface area (Å²) in [6.45, 7) is 10.7. The maximum absolute atomic E-state index is 6.27. The van der Waals surface area contributed by atoms with Crippen molar-refractivity contribution >= 4 is 29.0 Å². The number of benzene rings is 2. The van der Waals surface area contributed by atoms with Gasteiger partial charge in [-0.3, -0.25) is 0 Å². The van der Waals surface area contributed by atoms with E-state index in [0.29, 0.717) is 18.0 Å². The van der Waals surface area contributed by atoms with Crippen LogP contribution in [0.2, 0.25) is 0 Å². The summed E-state index contributed by atoms with van der Waals surface area (Å²) in [5.41, 5.74) is 7.19. The van der Waals surface area contributed by atoms with Crippen LogP contribution in [-0.2, 0) is 9.31 Å². The SMILES string of the molecule is CCOc1ccc2ccc(B3OC(C)(C)C(C)(C)O3)cc2c1N. The third-order valence-corrected chi connectivity index (χ3v) is 4.87. The molecule has 4 nitrogen and oxygen atoms in total. The van der Waals surface area contributed by atoms with Crippen LogP contribution in [0, 0.1) is 0 Å². The Bertz CT molecular complexity index is 726. The van der Waals surface area contributed by atoms with Crippen molar-refractivity contribution in [2.75, 3.05) is 12.3 Å². The van der Waals surface area contributed by atoms with Crippen LogP contribution in [0.1, 0.15) is 34.6 Å². The first-order chi connectivity index (χ1) is 10.7. The van der Waals surface area contributed by atoms with E-state index in [1.165, 1.54) is 0 Å². The average Bonchev–Trinajstić information content (AvgIpc) is 2.70. The van der Waals surface area contributed by atoms with Crippen LogP contribution >= 0.6 is 0 Å². The van der Waals surface area contributed by atoms with Crippen molar-refractivity contribution in [3.63, 3.8) is 0 Å². The van der Waals surface area contributed by atoms with Gasteiger partial charge >= 0.3 is 7.12 Å². The van der Waals surface area contributed by atoms with Crippen LogP contribution in [-0.4, -0.2) is 24.9 Å².